The summed E-state index contributed by atoms with van der Waals surface area (Å²) in [5.74, 6) is -0.185. The lowest BCUT2D eigenvalue weighted by Crippen LogP contribution is -2.11. The molecule has 0 aliphatic rings. The fraction of sp³-hybridized carbons (Fsp3) is 0.500. The molecule has 1 rings (SSSR count). The van der Waals surface area contributed by atoms with Gasteiger partial charge in [0.25, 0.3) is 5.69 Å². The van der Waals surface area contributed by atoms with E-state index in [1.165, 1.54) is 12.1 Å². The summed E-state index contributed by atoms with van der Waals surface area (Å²) in [7, 11) is -3.47. The van der Waals surface area contributed by atoms with Crippen LogP contribution in [-0.4, -0.2) is 25.0 Å². The average Bonchev–Trinajstić information content (AvgIpc) is 2.28. The van der Waals surface area contributed by atoms with E-state index in [9.17, 15) is 18.5 Å². The lowest BCUT2D eigenvalue weighted by molar-refractivity contribution is -0.386. The maximum absolute atomic E-state index is 11.4. The smallest absolute Gasteiger partial charge is 0.258 e. The van der Waals surface area contributed by atoms with Crippen LogP contribution in [-0.2, 0) is 9.84 Å². The molecule has 0 spiro atoms. The third-order valence-corrected chi connectivity index (χ3v) is 4.43. The summed E-state index contributed by atoms with van der Waals surface area (Å²) in [5, 5.41) is 10.8. The molecule has 0 amide bonds. The molecule has 106 valence electrons. The highest BCUT2D eigenvalue weighted by molar-refractivity contribution is 7.90. The molecule has 0 bridgehead atoms. The first kappa shape index (κ1) is 15.9. The molecule has 0 aliphatic carbocycles. The number of sulfone groups is 1. The van der Waals surface area contributed by atoms with E-state index in [0.29, 0.717) is 12.0 Å². The molecule has 19 heavy (non-hydrogen) atoms. The van der Waals surface area contributed by atoms with Crippen molar-refractivity contribution >= 4 is 27.1 Å². The van der Waals surface area contributed by atoms with Gasteiger partial charge in [-0.25, -0.2) is 8.42 Å². The minimum absolute atomic E-state index is 0.0555. The number of nitro benzene ring substituents is 1. The number of hydrogen-bond donors (Lipinski definition) is 0. The Morgan fingerprint density at radius 2 is 2.00 bits per heavy atom. The van der Waals surface area contributed by atoms with Gasteiger partial charge in [0.05, 0.1) is 9.82 Å². The van der Waals surface area contributed by atoms with Gasteiger partial charge in [-0.15, -0.1) is 11.6 Å². The Morgan fingerprint density at radius 1 is 1.42 bits per heavy atom. The second-order valence-electron chi connectivity index (χ2n) is 4.44. The van der Waals surface area contributed by atoms with Gasteiger partial charge in [0, 0.05) is 29.2 Å². The highest BCUT2D eigenvalue weighted by atomic mass is 35.5. The molecule has 0 saturated heterocycles. The minimum Gasteiger partial charge on any atom is -0.258 e. The van der Waals surface area contributed by atoms with Crippen LogP contribution < -0.4 is 0 Å². The number of nitrogens with zero attached hydrogens (tertiary/aromatic N) is 1. The Labute approximate surface area is 117 Å². The van der Waals surface area contributed by atoms with Crippen molar-refractivity contribution in [2.45, 2.75) is 36.5 Å². The summed E-state index contributed by atoms with van der Waals surface area (Å²) < 4.78 is 22.9. The minimum atomic E-state index is -3.47. The monoisotopic (exact) mass is 305 g/mol. The van der Waals surface area contributed by atoms with Crippen molar-refractivity contribution in [2.24, 2.45) is 0 Å². The predicted octanol–water partition coefficient (Wildman–Crippen LogP) is 3.12. The Morgan fingerprint density at radius 3 is 2.37 bits per heavy atom. The zero-order valence-electron chi connectivity index (χ0n) is 11.0. The van der Waals surface area contributed by atoms with Crippen LogP contribution in [0.2, 0.25) is 0 Å². The van der Waals surface area contributed by atoms with Crippen molar-refractivity contribution < 1.29 is 13.3 Å². The van der Waals surface area contributed by atoms with Gasteiger partial charge < -0.3 is 0 Å². The van der Waals surface area contributed by atoms with E-state index in [1.807, 2.05) is 6.92 Å². The molecule has 0 aliphatic heterocycles. The van der Waals surface area contributed by atoms with Crippen LogP contribution in [0.1, 0.15) is 31.7 Å². The molecule has 0 N–H and O–H groups in total. The molecular weight excluding hydrogens is 290 g/mol. The molecule has 0 fully saturated rings. The number of benzene rings is 1. The number of halogens is 1. The van der Waals surface area contributed by atoms with Crippen LogP contribution in [0, 0.1) is 10.1 Å². The molecular formula is C12H16ClNO4S. The lowest BCUT2D eigenvalue weighted by Gasteiger charge is -2.18. The molecule has 2 unspecified atom stereocenters. The second-order valence-corrected chi connectivity index (χ2v) is 7.15. The summed E-state index contributed by atoms with van der Waals surface area (Å²) in [5.41, 5.74) is 0.282. The number of alkyl halides is 1. The van der Waals surface area contributed by atoms with Gasteiger partial charge in [-0.05, 0) is 19.4 Å². The standard InChI is InChI=1S/C12H16ClNO4S/c1-4-10(8(2)13)11-6-5-9(19(3,17)18)7-12(11)14(15)16/h5-8,10H,4H2,1-3H3. The van der Waals surface area contributed by atoms with Crippen LogP contribution in [0.5, 0.6) is 0 Å². The lowest BCUT2D eigenvalue weighted by atomic mass is 9.92. The summed E-state index contributed by atoms with van der Waals surface area (Å²) in [6.45, 7) is 3.65. The first-order chi connectivity index (χ1) is 8.68. The van der Waals surface area contributed by atoms with E-state index < -0.39 is 14.8 Å². The molecule has 0 aromatic heterocycles. The van der Waals surface area contributed by atoms with E-state index in [4.69, 9.17) is 11.6 Å². The normalized spacial score (nSPS) is 14.9. The Hall–Kier alpha value is -1.14. The molecule has 0 radical (unpaired) electrons. The van der Waals surface area contributed by atoms with Crippen LogP contribution in [0.15, 0.2) is 23.1 Å². The van der Waals surface area contributed by atoms with E-state index in [2.05, 4.69) is 0 Å². The second kappa shape index (κ2) is 5.88. The van der Waals surface area contributed by atoms with Gasteiger partial charge in [-0.3, -0.25) is 10.1 Å². The van der Waals surface area contributed by atoms with E-state index in [-0.39, 0.29) is 21.9 Å². The number of rotatable bonds is 5. The topological polar surface area (TPSA) is 77.3 Å². The first-order valence-corrected chi connectivity index (χ1v) is 8.13. The van der Waals surface area contributed by atoms with Gasteiger partial charge in [0.15, 0.2) is 9.84 Å². The van der Waals surface area contributed by atoms with Crippen molar-refractivity contribution in [2.75, 3.05) is 6.26 Å². The van der Waals surface area contributed by atoms with Crippen LogP contribution in [0.25, 0.3) is 0 Å². The fourth-order valence-electron chi connectivity index (χ4n) is 2.02. The summed E-state index contributed by atoms with van der Waals surface area (Å²) in [4.78, 5) is 10.5. The van der Waals surface area contributed by atoms with Crippen molar-refractivity contribution in [1.29, 1.82) is 0 Å². The zero-order valence-corrected chi connectivity index (χ0v) is 12.5. The third kappa shape index (κ3) is 3.67. The van der Waals surface area contributed by atoms with E-state index in [1.54, 1.807) is 6.92 Å². The maximum Gasteiger partial charge on any atom is 0.274 e. The molecule has 0 saturated carbocycles. The molecule has 1 aromatic rings. The summed E-state index contributed by atoms with van der Waals surface area (Å²) >= 11 is 6.04. The van der Waals surface area contributed by atoms with Crippen LogP contribution in [0.4, 0.5) is 5.69 Å². The summed E-state index contributed by atoms with van der Waals surface area (Å²) in [6.07, 6.45) is 1.66. The Kier molecular flexibility index (Phi) is 4.92. The van der Waals surface area contributed by atoms with E-state index >= 15 is 0 Å². The van der Waals surface area contributed by atoms with Crippen molar-refractivity contribution in [1.82, 2.24) is 0 Å². The van der Waals surface area contributed by atoms with E-state index in [0.717, 1.165) is 12.3 Å². The quantitative estimate of drug-likeness (QED) is 0.476. The number of hydrogen-bond acceptors (Lipinski definition) is 4. The Bertz CT molecular complexity index is 583. The molecule has 1 aromatic carbocycles. The maximum atomic E-state index is 11.4. The first-order valence-electron chi connectivity index (χ1n) is 5.81. The van der Waals surface area contributed by atoms with Crippen molar-refractivity contribution in [3.05, 3.63) is 33.9 Å². The predicted molar refractivity (Wildman–Crippen MR) is 74.6 cm³/mol. The van der Waals surface area contributed by atoms with Gasteiger partial charge in [-0.2, -0.15) is 0 Å². The van der Waals surface area contributed by atoms with Gasteiger partial charge >= 0.3 is 0 Å². The molecule has 5 nitrogen and oxygen atoms in total. The average molecular weight is 306 g/mol. The molecule has 2 atom stereocenters. The van der Waals surface area contributed by atoms with Crippen molar-refractivity contribution in [3.8, 4) is 0 Å². The molecule has 7 heteroatoms. The van der Waals surface area contributed by atoms with Gasteiger partial charge in [0.1, 0.15) is 0 Å². The van der Waals surface area contributed by atoms with Crippen LogP contribution >= 0.6 is 11.6 Å². The number of nitro groups is 1. The Balaban J connectivity index is 3.46. The van der Waals surface area contributed by atoms with Gasteiger partial charge in [0.2, 0.25) is 0 Å². The SMILES string of the molecule is CCC(c1ccc(S(C)(=O)=O)cc1[N+](=O)[O-])C(C)Cl. The van der Waals surface area contributed by atoms with Gasteiger partial charge in [-0.1, -0.05) is 13.0 Å². The third-order valence-electron chi connectivity index (χ3n) is 3.02. The molecule has 0 heterocycles. The highest BCUT2D eigenvalue weighted by Gasteiger charge is 2.26. The summed E-state index contributed by atoms with van der Waals surface area (Å²) in [6, 6.07) is 3.98. The fourth-order valence-corrected chi connectivity index (χ4v) is 2.97. The van der Waals surface area contributed by atoms with Crippen molar-refractivity contribution in [3.63, 3.8) is 0 Å². The largest absolute Gasteiger partial charge is 0.274 e. The highest BCUT2D eigenvalue weighted by Crippen LogP contribution is 2.34. The van der Waals surface area contributed by atoms with Crippen LogP contribution in [0.3, 0.4) is 0 Å². The zero-order chi connectivity index (χ0) is 14.8.